The van der Waals surface area contributed by atoms with Crippen LogP contribution in [-0.2, 0) is 10.2 Å². The topological polar surface area (TPSA) is 101 Å². The van der Waals surface area contributed by atoms with Gasteiger partial charge in [0.2, 0.25) is 0 Å². The monoisotopic (exact) mass is 543 g/mol. The van der Waals surface area contributed by atoms with Crippen LogP contribution in [-0.4, -0.2) is 48.1 Å². The second-order valence-corrected chi connectivity index (χ2v) is 11.1. The molecule has 4 aromatic rings. The Balaban J connectivity index is 1.59. The Bertz CT molecular complexity index is 1550. The highest BCUT2D eigenvalue weighted by molar-refractivity contribution is 6.36. The average molecular weight is 544 g/mol. The zero-order valence-electron chi connectivity index (χ0n) is 22.0. The number of halogens is 2. The van der Waals surface area contributed by atoms with E-state index >= 15 is 0 Å². The molecule has 2 radical (unpaired) electrons. The molecule has 8 nitrogen and oxygen atoms in total. The molecule has 0 amide bonds. The minimum atomic E-state index is -1.35. The van der Waals surface area contributed by atoms with E-state index in [1.807, 2.05) is 16.9 Å². The Labute approximate surface area is 232 Å². The predicted octanol–water partition coefficient (Wildman–Crippen LogP) is 5.39. The maximum Gasteiger partial charge on any atom is 0.123 e. The first kappa shape index (κ1) is 26.9. The number of benzene rings is 2. The first-order chi connectivity index (χ1) is 18.6. The molecule has 39 heavy (non-hydrogen) atoms. The van der Waals surface area contributed by atoms with Gasteiger partial charge in [0.25, 0.3) is 0 Å². The van der Waals surface area contributed by atoms with Crippen LogP contribution in [0.4, 0.5) is 15.8 Å². The van der Waals surface area contributed by atoms with Crippen molar-refractivity contribution in [3.63, 3.8) is 0 Å². The van der Waals surface area contributed by atoms with E-state index in [2.05, 4.69) is 45.8 Å². The molecule has 1 atom stereocenters. The summed E-state index contributed by atoms with van der Waals surface area (Å²) in [5.74, 6) is -0.376. The van der Waals surface area contributed by atoms with Gasteiger partial charge in [-0.1, -0.05) is 42.8 Å². The Kier molecular flexibility index (Phi) is 7.23. The number of hydrogen-bond donors (Lipinski definition) is 2. The van der Waals surface area contributed by atoms with Gasteiger partial charge < -0.3 is 15.4 Å². The number of anilines is 2. The van der Waals surface area contributed by atoms with Crippen LogP contribution in [0.3, 0.4) is 0 Å². The predicted molar refractivity (Wildman–Crippen MR) is 150 cm³/mol. The fourth-order valence-electron chi connectivity index (χ4n) is 4.58. The van der Waals surface area contributed by atoms with Crippen molar-refractivity contribution in [2.75, 3.05) is 30.9 Å². The standard InChI is InChI=1S/C28H28BClFN7O/c1-27(2,16-39-3)15-34-25-17(12-32)13-33-26-22(25)10-20(11-23(26)30)35-28(29,18-4-6-19(31)7-5-18)24-14-38(37-36-24)21-8-9-21/h4-7,10-11,13-14,21,35H,8-9,15-16H2,1-3H3,(H,33,34). The number of methoxy groups -OCH3 is 1. The number of ether oxygens (including phenoxy) is 1. The summed E-state index contributed by atoms with van der Waals surface area (Å²) in [5, 5.41) is 26.3. The lowest BCUT2D eigenvalue weighted by molar-refractivity contribution is 0.112. The number of rotatable bonds is 10. The quantitative estimate of drug-likeness (QED) is 0.259. The summed E-state index contributed by atoms with van der Waals surface area (Å²) in [5.41, 5.74) is 1.61. The van der Waals surface area contributed by atoms with Crippen molar-refractivity contribution in [2.45, 2.75) is 38.2 Å². The second-order valence-electron chi connectivity index (χ2n) is 10.7. The molecule has 1 aliphatic rings. The van der Waals surface area contributed by atoms with Gasteiger partial charge in [0.05, 0.1) is 46.1 Å². The molecule has 2 aromatic heterocycles. The number of aromatic nitrogens is 4. The lowest BCUT2D eigenvalue weighted by Gasteiger charge is -2.32. The maximum atomic E-state index is 13.8. The van der Waals surface area contributed by atoms with Crippen LogP contribution in [0.5, 0.6) is 0 Å². The summed E-state index contributed by atoms with van der Waals surface area (Å²) in [6.07, 6.45) is 5.40. The number of nitrogens with one attached hydrogen (secondary N) is 2. The minimum absolute atomic E-state index is 0.195. The summed E-state index contributed by atoms with van der Waals surface area (Å²) in [6, 6.07) is 12.0. The number of fused-ring (bicyclic) bond motifs is 1. The van der Waals surface area contributed by atoms with E-state index in [9.17, 15) is 9.65 Å². The van der Waals surface area contributed by atoms with Crippen molar-refractivity contribution >= 4 is 41.7 Å². The van der Waals surface area contributed by atoms with Crippen LogP contribution < -0.4 is 10.6 Å². The smallest absolute Gasteiger partial charge is 0.123 e. The Hall–Kier alpha value is -3.68. The molecular weight excluding hydrogens is 516 g/mol. The molecule has 1 unspecified atom stereocenters. The van der Waals surface area contributed by atoms with E-state index in [0.717, 1.165) is 12.8 Å². The Morgan fingerprint density at radius 2 is 2.00 bits per heavy atom. The summed E-state index contributed by atoms with van der Waals surface area (Å²) in [4.78, 5) is 4.44. The molecule has 0 aliphatic heterocycles. The van der Waals surface area contributed by atoms with Crippen molar-refractivity contribution in [3.8, 4) is 6.07 Å². The van der Waals surface area contributed by atoms with E-state index in [1.165, 1.54) is 18.3 Å². The molecule has 1 saturated carbocycles. The number of nitriles is 1. The first-order valence-electron chi connectivity index (χ1n) is 12.6. The maximum absolute atomic E-state index is 13.8. The normalized spacial score (nSPS) is 15.1. The third kappa shape index (κ3) is 5.56. The Morgan fingerprint density at radius 3 is 2.67 bits per heavy atom. The fourth-order valence-corrected chi connectivity index (χ4v) is 4.84. The molecule has 0 saturated heterocycles. The molecule has 0 bridgehead atoms. The van der Waals surface area contributed by atoms with E-state index in [1.54, 1.807) is 25.3 Å². The second kappa shape index (κ2) is 10.5. The van der Waals surface area contributed by atoms with Gasteiger partial charge >= 0.3 is 0 Å². The van der Waals surface area contributed by atoms with Gasteiger partial charge in [-0.25, -0.2) is 9.07 Å². The van der Waals surface area contributed by atoms with Crippen LogP contribution in [0, 0.1) is 22.6 Å². The van der Waals surface area contributed by atoms with Gasteiger partial charge in [-0.15, -0.1) is 5.10 Å². The van der Waals surface area contributed by atoms with Crippen LogP contribution in [0.25, 0.3) is 10.9 Å². The zero-order chi connectivity index (χ0) is 27.8. The third-order valence-electron chi connectivity index (χ3n) is 6.80. The van der Waals surface area contributed by atoms with Crippen LogP contribution in [0.1, 0.15) is 49.6 Å². The molecule has 2 N–H and O–H groups in total. The molecule has 2 aromatic carbocycles. The van der Waals surface area contributed by atoms with Gasteiger partial charge in [0.15, 0.2) is 0 Å². The third-order valence-corrected chi connectivity index (χ3v) is 7.09. The fraction of sp³-hybridized carbons (Fsp3) is 0.357. The van der Waals surface area contributed by atoms with Crippen molar-refractivity contribution in [3.05, 3.63) is 76.5 Å². The molecule has 1 aliphatic carbocycles. The lowest BCUT2D eigenvalue weighted by atomic mass is 9.69. The molecular formula is C28H28BClFN7O. The van der Waals surface area contributed by atoms with Crippen LogP contribution in [0.15, 0.2) is 48.8 Å². The minimum Gasteiger partial charge on any atom is -0.384 e. The highest BCUT2D eigenvalue weighted by Crippen LogP contribution is 2.38. The summed E-state index contributed by atoms with van der Waals surface area (Å²) in [7, 11) is 8.66. The number of nitrogens with zero attached hydrogens (tertiary/aromatic N) is 5. The van der Waals surface area contributed by atoms with Crippen LogP contribution >= 0.6 is 11.6 Å². The summed E-state index contributed by atoms with van der Waals surface area (Å²) in [6.45, 7) is 5.22. The Morgan fingerprint density at radius 1 is 1.26 bits per heavy atom. The molecule has 5 rings (SSSR count). The molecule has 0 spiro atoms. The highest BCUT2D eigenvalue weighted by atomic mass is 35.5. The van der Waals surface area contributed by atoms with Gasteiger partial charge in [0, 0.05) is 36.3 Å². The van der Waals surface area contributed by atoms with Gasteiger partial charge in [-0.3, -0.25) is 4.98 Å². The van der Waals surface area contributed by atoms with Crippen molar-refractivity contribution in [2.24, 2.45) is 5.41 Å². The molecule has 198 valence electrons. The van der Waals surface area contributed by atoms with E-state index < -0.39 is 5.44 Å². The SMILES string of the molecule is [B]C(Nc1cc(Cl)c2ncc(C#N)c(NCC(C)(C)COC)c2c1)(c1ccc(F)cc1)c1cn(C2CC2)nn1. The molecule has 1 fully saturated rings. The van der Waals surface area contributed by atoms with E-state index in [0.29, 0.717) is 63.3 Å². The van der Waals surface area contributed by atoms with Gasteiger partial charge in [0.1, 0.15) is 25.4 Å². The number of pyridine rings is 1. The number of hydrogen-bond acceptors (Lipinski definition) is 7. The lowest BCUT2D eigenvalue weighted by Crippen LogP contribution is -2.37. The van der Waals surface area contributed by atoms with E-state index in [-0.39, 0.29) is 11.2 Å². The largest absolute Gasteiger partial charge is 0.384 e. The summed E-state index contributed by atoms with van der Waals surface area (Å²) < 4.78 is 21.0. The molecule has 11 heteroatoms. The van der Waals surface area contributed by atoms with Crippen molar-refractivity contribution in [1.82, 2.24) is 20.0 Å². The average Bonchev–Trinajstić information content (AvgIpc) is 3.63. The van der Waals surface area contributed by atoms with E-state index in [4.69, 9.17) is 24.2 Å². The molecule has 2 heterocycles. The van der Waals surface area contributed by atoms with Crippen molar-refractivity contribution in [1.29, 1.82) is 5.26 Å². The van der Waals surface area contributed by atoms with Gasteiger partial charge in [-0.05, 0) is 42.7 Å². The summed E-state index contributed by atoms with van der Waals surface area (Å²) >= 11 is 6.71. The van der Waals surface area contributed by atoms with Crippen LogP contribution in [0.2, 0.25) is 5.02 Å². The van der Waals surface area contributed by atoms with Gasteiger partial charge in [-0.2, -0.15) is 5.26 Å². The van der Waals surface area contributed by atoms with Crippen molar-refractivity contribution < 1.29 is 9.13 Å². The zero-order valence-corrected chi connectivity index (χ0v) is 22.8. The highest BCUT2D eigenvalue weighted by Gasteiger charge is 2.34. The first-order valence-corrected chi connectivity index (χ1v) is 13.0.